The van der Waals surface area contributed by atoms with Crippen LogP contribution in [0.5, 0.6) is 0 Å². The van der Waals surface area contributed by atoms with Gasteiger partial charge in [0.25, 0.3) is 0 Å². The molecule has 0 aliphatic carbocycles. The summed E-state index contributed by atoms with van der Waals surface area (Å²) in [6.07, 6.45) is 2.48. The van der Waals surface area contributed by atoms with Gasteiger partial charge in [-0.2, -0.15) is 0 Å². The summed E-state index contributed by atoms with van der Waals surface area (Å²) in [5.74, 6) is 5.90. The first-order valence-electron chi connectivity index (χ1n) is 5.12. The predicted octanol–water partition coefficient (Wildman–Crippen LogP) is 2.88. The van der Waals surface area contributed by atoms with Crippen molar-refractivity contribution in [1.82, 2.24) is 0 Å². The zero-order valence-corrected chi connectivity index (χ0v) is 9.03. The summed E-state index contributed by atoms with van der Waals surface area (Å²) >= 11 is 0. The molecule has 15 heavy (non-hydrogen) atoms. The quantitative estimate of drug-likeness (QED) is 0.526. The Bertz CT molecular complexity index is 420. The minimum Gasteiger partial charge on any atom is -0.351 e. The molecule has 76 valence electrons. The van der Waals surface area contributed by atoms with Crippen LogP contribution in [0.3, 0.4) is 0 Å². The molecule has 0 N–H and O–H groups in total. The maximum absolute atomic E-state index is 5.45. The third kappa shape index (κ3) is 2.49. The predicted molar refractivity (Wildman–Crippen MR) is 62.2 cm³/mol. The highest BCUT2D eigenvalue weighted by atomic mass is 16.6. The Kier molecular flexibility index (Phi) is 2.89. The van der Waals surface area contributed by atoms with Crippen molar-refractivity contribution in [2.45, 2.75) is 26.1 Å². The number of rotatable bonds is 2. The molecule has 2 rings (SSSR count). The highest BCUT2D eigenvalue weighted by Gasteiger charge is 2.38. The molecule has 2 atom stereocenters. The topological polar surface area (TPSA) is 12.5 Å². The van der Waals surface area contributed by atoms with Crippen LogP contribution in [0.2, 0.25) is 0 Å². The molecular formula is C14H14O. The van der Waals surface area contributed by atoms with Gasteiger partial charge in [-0.25, -0.2) is 0 Å². The third-order valence-corrected chi connectivity index (χ3v) is 2.42. The fraction of sp³-hybridized carbons (Fsp3) is 0.286. The summed E-state index contributed by atoms with van der Waals surface area (Å²) in [7, 11) is 0. The third-order valence-electron chi connectivity index (χ3n) is 2.42. The summed E-state index contributed by atoms with van der Waals surface area (Å²) in [6, 6.07) is 10.3. The summed E-state index contributed by atoms with van der Waals surface area (Å²) < 4.78 is 5.45. The number of epoxide rings is 1. The van der Waals surface area contributed by atoms with Crippen molar-refractivity contribution in [3.05, 3.63) is 41.5 Å². The van der Waals surface area contributed by atoms with Crippen LogP contribution in [0.15, 0.2) is 35.9 Å². The Balaban J connectivity index is 2.06. The van der Waals surface area contributed by atoms with E-state index in [1.165, 1.54) is 11.1 Å². The molecule has 0 aromatic heterocycles. The van der Waals surface area contributed by atoms with Crippen LogP contribution in [0, 0.1) is 11.8 Å². The van der Waals surface area contributed by atoms with E-state index in [1.54, 1.807) is 0 Å². The van der Waals surface area contributed by atoms with E-state index in [0.717, 1.165) is 0 Å². The Labute approximate surface area is 90.8 Å². The first-order chi connectivity index (χ1) is 7.31. The summed E-state index contributed by atoms with van der Waals surface area (Å²) in [6.45, 7) is 3.93. The van der Waals surface area contributed by atoms with Gasteiger partial charge in [-0.3, -0.25) is 0 Å². The Morgan fingerprint density at radius 3 is 2.73 bits per heavy atom. The van der Waals surface area contributed by atoms with Crippen LogP contribution in [-0.4, -0.2) is 12.2 Å². The lowest BCUT2D eigenvalue weighted by Gasteiger charge is -1.95. The van der Waals surface area contributed by atoms with E-state index in [-0.39, 0.29) is 12.2 Å². The van der Waals surface area contributed by atoms with E-state index in [4.69, 9.17) is 4.74 Å². The van der Waals surface area contributed by atoms with E-state index in [0.29, 0.717) is 0 Å². The van der Waals surface area contributed by atoms with Crippen LogP contribution in [0.4, 0.5) is 0 Å². The standard InChI is InChI=1S/C14H14O/c1-3-7-13-14(15-13)11(2)10-12-8-5-4-6-9-12/h4-6,8-10,13-14H,1-2H3/b11-10+/t13-,14-/m1/s1. The van der Waals surface area contributed by atoms with Crippen LogP contribution < -0.4 is 0 Å². The van der Waals surface area contributed by atoms with Gasteiger partial charge in [-0.15, -0.1) is 5.92 Å². The zero-order valence-electron chi connectivity index (χ0n) is 9.03. The zero-order chi connectivity index (χ0) is 10.7. The van der Waals surface area contributed by atoms with Crippen LogP contribution >= 0.6 is 0 Å². The Morgan fingerprint density at radius 2 is 2.07 bits per heavy atom. The van der Waals surface area contributed by atoms with E-state index < -0.39 is 0 Å². The number of benzene rings is 1. The second-order valence-corrected chi connectivity index (χ2v) is 3.67. The van der Waals surface area contributed by atoms with Crippen molar-refractivity contribution in [2.24, 2.45) is 0 Å². The molecule has 1 aromatic carbocycles. The van der Waals surface area contributed by atoms with Crippen LogP contribution in [0.1, 0.15) is 19.4 Å². The second-order valence-electron chi connectivity index (χ2n) is 3.67. The molecule has 0 spiro atoms. The van der Waals surface area contributed by atoms with Crippen molar-refractivity contribution in [3.8, 4) is 11.8 Å². The summed E-state index contributed by atoms with van der Waals surface area (Å²) in [4.78, 5) is 0. The molecule has 1 saturated heterocycles. The minimum atomic E-state index is 0.120. The average molecular weight is 198 g/mol. The van der Waals surface area contributed by atoms with E-state index in [9.17, 15) is 0 Å². The molecule has 1 aliphatic heterocycles. The molecular weight excluding hydrogens is 184 g/mol. The number of hydrogen-bond donors (Lipinski definition) is 0. The Hall–Kier alpha value is -1.52. The first kappa shape index (κ1) is 10.0. The lowest BCUT2D eigenvalue weighted by atomic mass is 10.1. The molecule has 1 aromatic rings. The normalized spacial score (nSPS) is 24.3. The van der Waals surface area contributed by atoms with Gasteiger partial charge in [0.2, 0.25) is 0 Å². The van der Waals surface area contributed by atoms with Gasteiger partial charge in [0, 0.05) is 0 Å². The van der Waals surface area contributed by atoms with Crippen LogP contribution in [-0.2, 0) is 4.74 Å². The molecule has 0 saturated carbocycles. The van der Waals surface area contributed by atoms with Crippen molar-refractivity contribution >= 4 is 6.08 Å². The molecule has 0 unspecified atom stereocenters. The average Bonchev–Trinajstić information content (AvgIpc) is 2.99. The van der Waals surface area contributed by atoms with Crippen LogP contribution in [0.25, 0.3) is 6.08 Å². The van der Waals surface area contributed by atoms with Gasteiger partial charge in [0.1, 0.15) is 12.2 Å². The highest BCUT2D eigenvalue weighted by molar-refractivity contribution is 5.54. The van der Waals surface area contributed by atoms with Crippen molar-refractivity contribution in [2.75, 3.05) is 0 Å². The molecule has 1 aliphatic rings. The smallest absolute Gasteiger partial charge is 0.149 e. The Morgan fingerprint density at radius 1 is 1.33 bits per heavy atom. The lowest BCUT2D eigenvalue weighted by Crippen LogP contribution is -1.92. The lowest BCUT2D eigenvalue weighted by molar-refractivity contribution is 0.411. The first-order valence-corrected chi connectivity index (χ1v) is 5.12. The summed E-state index contributed by atoms with van der Waals surface area (Å²) in [5.41, 5.74) is 2.46. The monoisotopic (exact) mass is 198 g/mol. The largest absolute Gasteiger partial charge is 0.351 e. The van der Waals surface area contributed by atoms with E-state index >= 15 is 0 Å². The van der Waals surface area contributed by atoms with E-state index in [1.807, 2.05) is 25.1 Å². The second kappa shape index (κ2) is 4.33. The number of hydrogen-bond acceptors (Lipinski definition) is 1. The van der Waals surface area contributed by atoms with Gasteiger partial charge in [0.15, 0.2) is 0 Å². The molecule has 1 nitrogen and oxygen atoms in total. The fourth-order valence-corrected chi connectivity index (χ4v) is 1.60. The van der Waals surface area contributed by atoms with Gasteiger partial charge >= 0.3 is 0 Å². The van der Waals surface area contributed by atoms with Gasteiger partial charge in [0.05, 0.1) is 0 Å². The minimum absolute atomic E-state index is 0.120. The van der Waals surface area contributed by atoms with Gasteiger partial charge < -0.3 is 4.74 Å². The molecule has 0 bridgehead atoms. The molecule has 1 heteroatoms. The maximum Gasteiger partial charge on any atom is 0.149 e. The summed E-state index contributed by atoms with van der Waals surface area (Å²) in [5, 5.41) is 0. The fourth-order valence-electron chi connectivity index (χ4n) is 1.60. The molecule has 1 heterocycles. The molecule has 1 fully saturated rings. The molecule has 0 radical (unpaired) electrons. The van der Waals surface area contributed by atoms with Gasteiger partial charge in [-0.05, 0) is 25.0 Å². The number of ether oxygens (including phenoxy) is 1. The SMILES string of the molecule is CC#C[C@H]1O[C@@H]1/C(C)=C/c1ccccc1. The maximum atomic E-state index is 5.45. The van der Waals surface area contributed by atoms with Gasteiger partial charge in [-0.1, -0.05) is 42.3 Å². The highest BCUT2D eigenvalue weighted by Crippen LogP contribution is 2.29. The molecule has 0 amide bonds. The van der Waals surface area contributed by atoms with Crippen molar-refractivity contribution in [3.63, 3.8) is 0 Å². The van der Waals surface area contributed by atoms with E-state index in [2.05, 4.69) is 37.0 Å². The van der Waals surface area contributed by atoms with Crippen molar-refractivity contribution < 1.29 is 4.74 Å². The van der Waals surface area contributed by atoms with Crippen molar-refractivity contribution in [1.29, 1.82) is 0 Å².